The van der Waals surface area contributed by atoms with Crippen LogP contribution in [0.25, 0.3) is 10.9 Å². The Bertz CT molecular complexity index is 670. The number of pyridine rings is 1. The molecular formula is C16H16ClNO3. The minimum absolute atomic E-state index is 0.0792. The predicted octanol–water partition coefficient (Wildman–Crippen LogP) is 3.80. The van der Waals surface area contributed by atoms with E-state index >= 15 is 0 Å². The van der Waals surface area contributed by atoms with Crippen LogP contribution in [0.5, 0.6) is 0 Å². The van der Waals surface area contributed by atoms with E-state index in [1.165, 1.54) is 0 Å². The van der Waals surface area contributed by atoms with E-state index in [9.17, 15) is 9.59 Å². The van der Waals surface area contributed by atoms with Crippen molar-refractivity contribution in [1.82, 2.24) is 4.98 Å². The molecule has 0 bridgehead atoms. The van der Waals surface area contributed by atoms with Crippen LogP contribution >= 0.6 is 11.6 Å². The van der Waals surface area contributed by atoms with Crippen molar-refractivity contribution >= 4 is 34.3 Å². The summed E-state index contributed by atoms with van der Waals surface area (Å²) < 4.78 is 4.96. The van der Waals surface area contributed by atoms with Crippen LogP contribution in [-0.2, 0) is 9.53 Å². The minimum atomic E-state index is -0.351. The van der Waals surface area contributed by atoms with E-state index in [4.69, 9.17) is 16.3 Å². The first-order valence-electron chi connectivity index (χ1n) is 6.85. The van der Waals surface area contributed by atoms with E-state index < -0.39 is 0 Å². The zero-order valence-electron chi connectivity index (χ0n) is 11.8. The van der Waals surface area contributed by atoms with Gasteiger partial charge in [-0.1, -0.05) is 18.5 Å². The van der Waals surface area contributed by atoms with Gasteiger partial charge in [0.05, 0.1) is 23.6 Å². The molecule has 0 fully saturated rings. The van der Waals surface area contributed by atoms with Gasteiger partial charge in [0.25, 0.3) is 0 Å². The third-order valence-corrected chi connectivity index (χ3v) is 3.37. The highest BCUT2D eigenvalue weighted by molar-refractivity contribution is 6.36. The largest absolute Gasteiger partial charge is 0.466 e. The molecule has 0 unspecified atom stereocenters. The van der Waals surface area contributed by atoms with E-state index in [1.807, 2.05) is 13.0 Å². The van der Waals surface area contributed by atoms with Crippen LogP contribution in [0.1, 0.15) is 36.5 Å². The number of nitrogens with zero attached hydrogens (tertiary/aromatic N) is 1. The fraction of sp³-hybridized carbons (Fsp3) is 0.312. The lowest BCUT2D eigenvalue weighted by Crippen LogP contribution is -2.09. The second kappa shape index (κ2) is 7.18. The molecule has 1 aromatic heterocycles. The summed E-state index contributed by atoms with van der Waals surface area (Å²) in [4.78, 5) is 27.9. The van der Waals surface area contributed by atoms with Gasteiger partial charge in [-0.2, -0.15) is 0 Å². The first kappa shape index (κ1) is 15.4. The van der Waals surface area contributed by atoms with Gasteiger partial charge < -0.3 is 4.74 Å². The van der Waals surface area contributed by atoms with Gasteiger partial charge in [0.2, 0.25) is 0 Å². The maximum Gasteiger partial charge on any atom is 0.306 e. The van der Waals surface area contributed by atoms with Crippen LogP contribution in [0.3, 0.4) is 0 Å². The number of ketones is 1. The van der Waals surface area contributed by atoms with Crippen molar-refractivity contribution in [2.24, 2.45) is 0 Å². The number of hydrogen-bond acceptors (Lipinski definition) is 4. The second-order valence-electron chi connectivity index (χ2n) is 4.64. The van der Waals surface area contributed by atoms with E-state index in [-0.39, 0.29) is 24.6 Å². The molecule has 0 spiro atoms. The Morgan fingerprint density at radius 2 is 2.05 bits per heavy atom. The zero-order chi connectivity index (χ0) is 15.2. The molecule has 0 aliphatic rings. The standard InChI is InChI=1S/C16H16ClNO3/c1-2-10-21-15(20)8-7-14(19)12-5-6-13(17)11-4-3-9-18-16(11)12/h3-6,9H,2,7-8,10H2,1H3. The number of ether oxygens (including phenoxy) is 1. The molecule has 0 radical (unpaired) electrons. The molecule has 1 heterocycles. The Kier molecular flexibility index (Phi) is 5.28. The molecule has 0 aliphatic carbocycles. The molecule has 0 amide bonds. The number of fused-ring (bicyclic) bond motifs is 1. The summed E-state index contributed by atoms with van der Waals surface area (Å²) >= 11 is 6.09. The van der Waals surface area contributed by atoms with Crippen LogP contribution < -0.4 is 0 Å². The lowest BCUT2D eigenvalue weighted by Gasteiger charge is -2.06. The van der Waals surface area contributed by atoms with Crippen molar-refractivity contribution < 1.29 is 14.3 Å². The molecule has 5 heteroatoms. The number of hydrogen-bond donors (Lipinski definition) is 0. The van der Waals surface area contributed by atoms with E-state index in [0.29, 0.717) is 22.7 Å². The summed E-state index contributed by atoms with van der Waals surface area (Å²) in [5, 5.41) is 1.29. The molecule has 0 atom stereocenters. The summed E-state index contributed by atoms with van der Waals surface area (Å²) in [5.41, 5.74) is 1.05. The maximum atomic E-state index is 12.3. The molecule has 4 nitrogen and oxygen atoms in total. The van der Waals surface area contributed by atoms with E-state index in [1.54, 1.807) is 24.4 Å². The summed E-state index contributed by atoms with van der Waals surface area (Å²) in [6.07, 6.45) is 2.57. The number of carbonyl (C=O) groups excluding carboxylic acids is 2. The average Bonchev–Trinajstić information content (AvgIpc) is 2.51. The number of rotatable bonds is 6. The first-order chi connectivity index (χ1) is 10.1. The molecule has 0 saturated carbocycles. The summed E-state index contributed by atoms with van der Waals surface area (Å²) in [7, 11) is 0. The number of aromatic nitrogens is 1. The summed E-state index contributed by atoms with van der Waals surface area (Å²) in [6, 6.07) is 6.91. The molecule has 0 N–H and O–H groups in total. The van der Waals surface area contributed by atoms with Gasteiger partial charge in [-0.15, -0.1) is 0 Å². The highest BCUT2D eigenvalue weighted by Crippen LogP contribution is 2.25. The average molecular weight is 306 g/mol. The highest BCUT2D eigenvalue weighted by atomic mass is 35.5. The quantitative estimate of drug-likeness (QED) is 0.601. The molecule has 0 saturated heterocycles. The SMILES string of the molecule is CCCOC(=O)CCC(=O)c1ccc(Cl)c2cccnc12. The van der Waals surface area contributed by atoms with Gasteiger partial charge in [0.15, 0.2) is 5.78 Å². The third kappa shape index (κ3) is 3.79. The fourth-order valence-electron chi connectivity index (χ4n) is 2.00. The van der Waals surface area contributed by atoms with Gasteiger partial charge in [0.1, 0.15) is 0 Å². The van der Waals surface area contributed by atoms with Crippen LogP contribution in [0, 0.1) is 0 Å². The van der Waals surface area contributed by atoms with Crippen molar-refractivity contribution in [3.05, 3.63) is 41.0 Å². The van der Waals surface area contributed by atoms with Crippen molar-refractivity contribution in [2.75, 3.05) is 6.61 Å². The van der Waals surface area contributed by atoms with Gasteiger partial charge in [-0.05, 0) is 30.7 Å². The number of esters is 1. The Hall–Kier alpha value is -1.94. The van der Waals surface area contributed by atoms with E-state index in [0.717, 1.165) is 11.8 Å². The van der Waals surface area contributed by atoms with Crippen LogP contribution in [0.4, 0.5) is 0 Å². The molecule has 2 aromatic rings. The lowest BCUT2D eigenvalue weighted by molar-refractivity contribution is -0.143. The maximum absolute atomic E-state index is 12.3. The topological polar surface area (TPSA) is 56.3 Å². The normalized spacial score (nSPS) is 10.6. The third-order valence-electron chi connectivity index (χ3n) is 3.04. The molecule has 110 valence electrons. The highest BCUT2D eigenvalue weighted by Gasteiger charge is 2.14. The number of carbonyl (C=O) groups is 2. The van der Waals surface area contributed by atoms with Gasteiger partial charge in [0, 0.05) is 23.6 Å². The van der Waals surface area contributed by atoms with Crippen molar-refractivity contribution in [2.45, 2.75) is 26.2 Å². The number of Topliss-reactive ketones (excluding diaryl/α,β-unsaturated/α-hetero) is 1. The summed E-state index contributed by atoms with van der Waals surface area (Å²) in [6.45, 7) is 2.31. The number of benzene rings is 1. The van der Waals surface area contributed by atoms with Crippen molar-refractivity contribution in [1.29, 1.82) is 0 Å². The fourth-order valence-corrected chi connectivity index (χ4v) is 2.22. The van der Waals surface area contributed by atoms with Gasteiger partial charge in [-0.3, -0.25) is 14.6 Å². The summed E-state index contributed by atoms with van der Waals surface area (Å²) in [5.74, 6) is -0.486. The van der Waals surface area contributed by atoms with Crippen molar-refractivity contribution in [3.8, 4) is 0 Å². The molecule has 0 aliphatic heterocycles. The molecular weight excluding hydrogens is 290 g/mol. The lowest BCUT2D eigenvalue weighted by atomic mass is 10.0. The minimum Gasteiger partial charge on any atom is -0.466 e. The number of halogens is 1. The van der Waals surface area contributed by atoms with Gasteiger partial charge in [-0.25, -0.2) is 0 Å². The van der Waals surface area contributed by atoms with Crippen LogP contribution in [0.2, 0.25) is 5.02 Å². The predicted molar refractivity (Wildman–Crippen MR) is 81.6 cm³/mol. The smallest absolute Gasteiger partial charge is 0.306 e. The van der Waals surface area contributed by atoms with Gasteiger partial charge >= 0.3 is 5.97 Å². The molecule has 2 rings (SSSR count). The Morgan fingerprint density at radius 1 is 1.24 bits per heavy atom. The molecule has 21 heavy (non-hydrogen) atoms. The van der Waals surface area contributed by atoms with Crippen LogP contribution in [0.15, 0.2) is 30.5 Å². The molecule has 1 aromatic carbocycles. The van der Waals surface area contributed by atoms with Crippen molar-refractivity contribution in [3.63, 3.8) is 0 Å². The van der Waals surface area contributed by atoms with E-state index in [2.05, 4.69) is 4.98 Å². The Balaban J connectivity index is 2.13. The Morgan fingerprint density at radius 3 is 2.81 bits per heavy atom. The van der Waals surface area contributed by atoms with Crippen LogP contribution in [-0.4, -0.2) is 23.3 Å². The monoisotopic (exact) mass is 305 g/mol. The Labute approximate surface area is 128 Å². The first-order valence-corrected chi connectivity index (χ1v) is 7.23. The zero-order valence-corrected chi connectivity index (χ0v) is 12.5. The second-order valence-corrected chi connectivity index (χ2v) is 5.05.